The highest BCUT2D eigenvalue weighted by atomic mass is 35.5. The number of hydrogen-bond acceptors (Lipinski definition) is 3. The monoisotopic (exact) mass is 464 g/mol. The third kappa shape index (κ3) is 7.36. The second-order valence-electron chi connectivity index (χ2n) is 7.88. The first-order chi connectivity index (χ1) is 16.0. The molecule has 6 heteroatoms. The van der Waals surface area contributed by atoms with E-state index in [4.69, 9.17) is 16.3 Å². The van der Waals surface area contributed by atoms with Gasteiger partial charge < -0.3 is 15.0 Å². The highest BCUT2D eigenvalue weighted by Crippen LogP contribution is 2.17. The lowest BCUT2D eigenvalue weighted by atomic mass is 10.1. The van der Waals surface area contributed by atoms with E-state index in [9.17, 15) is 9.59 Å². The quantitative estimate of drug-likeness (QED) is 0.474. The Morgan fingerprint density at radius 3 is 2.18 bits per heavy atom. The van der Waals surface area contributed by atoms with Crippen LogP contribution in [-0.4, -0.2) is 36.4 Å². The fourth-order valence-electron chi connectivity index (χ4n) is 3.51. The Hall–Kier alpha value is -3.31. The van der Waals surface area contributed by atoms with E-state index in [1.807, 2.05) is 66.7 Å². The standard InChI is InChI=1S/C27H29ClN2O3/c1-20(27(32)29-17-16-21-6-4-3-5-7-21)30(19-23-10-14-25(33-2)15-11-23)26(31)18-22-8-12-24(28)13-9-22/h3-15,20H,16-19H2,1-2H3,(H,29,32)/t20-/m0/s1. The molecule has 0 saturated carbocycles. The normalized spacial score (nSPS) is 11.5. The number of benzene rings is 3. The van der Waals surface area contributed by atoms with Crippen LogP contribution in [0.15, 0.2) is 78.9 Å². The summed E-state index contributed by atoms with van der Waals surface area (Å²) in [7, 11) is 1.61. The van der Waals surface area contributed by atoms with Crippen molar-refractivity contribution in [3.05, 3.63) is 101 Å². The van der Waals surface area contributed by atoms with Gasteiger partial charge in [-0.15, -0.1) is 0 Å². The number of rotatable bonds is 10. The number of amides is 2. The average Bonchev–Trinajstić information content (AvgIpc) is 2.84. The largest absolute Gasteiger partial charge is 0.497 e. The number of methoxy groups -OCH3 is 1. The molecule has 0 aromatic heterocycles. The summed E-state index contributed by atoms with van der Waals surface area (Å²) in [5, 5.41) is 3.59. The van der Waals surface area contributed by atoms with Gasteiger partial charge in [-0.2, -0.15) is 0 Å². The van der Waals surface area contributed by atoms with Gasteiger partial charge in [0.1, 0.15) is 11.8 Å². The Morgan fingerprint density at radius 1 is 0.909 bits per heavy atom. The number of halogens is 1. The van der Waals surface area contributed by atoms with E-state index in [1.165, 1.54) is 0 Å². The van der Waals surface area contributed by atoms with Gasteiger partial charge in [-0.1, -0.05) is 66.2 Å². The Morgan fingerprint density at radius 2 is 1.55 bits per heavy atom. The average molecular weight is 465 g/mol. The van der Waals surface area contributed by atoms with Gasteiger partial charge in [0.2, 0.25) is 11.8 Å². The van der Waals surface area contributed by atoms with Gasteiger partial charge in [0.25, 0.3) is 0 Å². The molecular formula is C27H29ClN2O3. The van der Waals surface area contributed by atoms with Crippen LogP contribution in [0.4, 0.5) is 0 Å². The van der Waals surface area contributed by atoms with Crippen LogP contribution in [0.1, 0.15) is 23.6 Å². The summed E-state index contributed by atoms with van der Waals surface area (Å²) < 4.78 is 5.22. The van der Waals surface area contributed by atoms with Crippen molar-refractivity contribution in [2.45, 2.75) is 32.4 Å². The summed E-state index contributed by atoms with van der Waals surface area (Å²) in [6.07, 6.45) is 0.922. The minimum Gasteiger partial charge on any atom is -0.497 e. The van der Waals surface area contributed by atoms with Crippen LogP contribution in [0.5, 0.6) is 5.75 Å². The summed E-state index contributed by atoms with van der Waals surface area (Å²) in [4.78, 5) is 27.8. The molecule has 0 aliphatic carbocycles. The van der Waals surface area contributed by atoms with Crippen LogP contribution in [-0.2, 0) is 29.0 Å². The predicted octanol–water partition coefficient (Wildman–Crippen LogP) is 4.67. The highest BCUT2D eigenvalue weighted by molar-refractivity contribution is 6.30. The van der Waals surface area contributed by atoms with Gasteiger partial charge in [0.15, 0.2) is 0 Å². The Kier molecular flexibility index (Phi) is 8.90. The maximum absolute atomic E-state index is 13.3. The molecular weight excluding hydrogens is 436 g/mol. The van der Waals surface area contributed by atoms with E-state index in [0.717, 1.165) is 28.9 Å². The van der Waals surface area contributed by atoms with Crippen molar-refractivity contribution in [1.82, 2.24) is 10.2 Å². The molecule has 0 heterocycles. The summed E-state index contributed by atoms with van der Waals surface area (Å²) >= 11 is 5.97. The van der Waals surface area contributed by atoms with E-state index in [1.54, 1.807) is 31.1 Å². The lowest BCUT2D eigenvalue weighted by Crippen LogP contribution is -2.48. The maximum atomic E-state index is 13.3. The van der Waals surface area contributed by atoms with Crippen LogP contribution in [0.3, 0.4) is 0 Å². The zero-order chi connectivity index (χ0) is 23.6. The van der Waals surface area contributed by atoms with Crippen molar-refractivity contribution < 1.29 is 14.3 Å². The molecule has 0 fully saturated rings. The molecule has 2 amide bonds. The molecule has 0 spiro atoms. The SMILES string of the molecule is COc1ccc(CN(C(=O)Cc2ccc(Cl)cc2)[C@@H](C)C(=O)NCCc2ccccc2)cc1. The number of hydrogen-bond donors (Lipinski definition) is 1. The molecule has 3 aromatic rings. The minimum atomic E-state index is -0.623. The summed E-state index contributed by atoms with van der Waals surface area (Å²) in [6.45, 7) is 2.60. The van der Waals surface area contributed by atoms with Crippen molar-refractivity contribution in [1.29, 1.82) is 0 Å². The van der Waals surface area contributed by atoms with Crippen LogP contribution in [0, 0.1) is 0 Å². The van der Waals surface area contributed by atoms with Crippen molar-refractivity contribution in [3.8, 4) is 5.75 Å². The van der Waals surface area contributed by atoms with Crippen LogP contribution < -0.4 is 10.1 Å². The van der Waals surface area contributed by atoms with Crippen molar-refractivity contribution >= 4 is 23.4 Å². The van der Waals surface area contributed by atoms with E-state index in [-0.39, 0.29) is 18.2 Å². The molecule has 172 valence electrons. The summed E-state index contributed by atoms with van der Waals surface area (Å²) in [5.41, 5.74) is 2.92. The number of carbonyl (C=O) groups excluding carboxylic acids is 2. The molecule has 1 atom stereocenters. The molecule has 3 aromatic carbocycles. The molecule has 33 heavy (non-hydrogen) atoms. The van der Waals surface area contributed by atoms with Gasteiger partial charge in [0, 0.05) is 18.1 Å². The maximum Gasteiger partial charge on any atom is 0.242 e. The molecule has 0 radical (unpaired) electrons. The van der Waals surface area contributed by atoms with E-state index in [2.05, 4.69) is 5.32 Å². The van der Waals surface area contributed by atoms with E-state index < -0.39 is 6.04 Å². The lowest BCUT2D eigenvalue weighted by Gasteiger charge is -2.29. The van der Waals surface area contributed by atoms with E-state index in [0.29, 0.717) is 18.1 Å². The first-order valence-electron chi connectivity index (χ1n) is 10.9. The fraction of sp³-hybridized carbons (Fsp3) is 0.259. The molecule has 0 aliphatic heterocycles. The molecule has 1 N–H and O–H groups in total. The van der Waals surface area contributed by atoms with Gasteiger partial charge in [-0.25, -0.2) is 0 Å². The minimum absolute atomic E-state index is 0.126. The lowest BCUT2D eigenvalue weighted by molar-refractivity contribution is -0.140. The second kappa shape index (κ2) is 12.1. The van der Waals surface area contributed by atoms with E-state index >= 15 is 0 Å². The molecule has 3 rings (SSSR count). The number of ether oxygens (including phenoxy) is 1. The summed E-state index contributed by atoms with van der Waals surface area (Å²) in [6, 6.07) is 24.0. The molecule has 5 nitrogen and oxygen atoms in total. The van der Waals surface area contributed by atoms with Gasteiger partial charge in [0.05, 0.1) is 13.5 Å². The van der Waals surface area contributed by atoms with Crippen LogP contribution in [0.25, 0.3) is 0 Å². The third-order valence-corrected chi connectivity index (χ3v) is 5.76. The fourth-order valence-corrected chi connectivity index (χ4v) is 3.64. The number of nitrogens with zero attached hydrogens (tertiary/aromatic N) is 1. The number of nitrogens with one attached hydrogen (secondary N) is 1. The third-order valence-electron chi connectivity index (χ3n) is 5.50. The highest BCUT2D eigenvalue weighted by Gasteiger charge is 2.26. The molecule has 0 bridgehead atoms. The molecule has 0 unspecified atom stereocenters. The first kappa shape index (κ1) is 24.3. The topological polar surface area (TPSA) is 58.6 Å². The predicted molar refractivity (Wildman–Crippen MR) is 131 cm³/mol. The second-order valence-corrected chi connectivity index (χ2v) is 8.31. The zero-order valence-corrected chi connectivity index (χ0v) is 19.7. The van der Waals surface area contributed by atoms with Crippen molar-refractivity contribution in [3.63, 3.8) is 0 Å². The zero-order valence-electron chi connectivity index (χ0n) is 19.0. The molecule has 0 saturated heterocycles. The van der Waals surface area contributed by atoms with Crippen molar-refractivity contribution in [2.75, 3.05) is 13.7 Å². The smallest absolute Gasteiger partial charge is 0.242 e. The van der Waals surface area contributed by atoms with Gasteiger partial charge in [-0.3, -0.25) is 9.59 Å². The number of carbonyl (C=O) groups is 2. The first-order valence-corrected chi connectivity index (χ1v) is 11.3. The Labute approximate surface area is 200 Å². The van der Waals surface area contributed by atoms with Gasteiger partial charge in [-0.05, 0) is 54.3 Å². The van der Waals surface area contributed by atoms with Gasteiger partial charge >= 0.3 is 0 Å². The van der Waals surface area contributed by atoms with Crippen LogP contribution in [0.2, 0.25) is 5.02 Å². The summed E-state index contributed by atoms with van der Waals surface area (Å²) in [5.74, 6) is 0.437. The van der Waals surface area contributed by atoms with Crippen molar-refractivity contribution in [2.24, 2.45) is 0 Å². The Bertz CT molecular complexity index is 1040. The Balaban J connectivity index is 1.69. The van der Waals surface area contributed by atoms with Crippen LogP contribution >= 0.6 is 11.6 Å². The molecule has 0 aliphatic rings.